The van der Waals surface area contributed by atoms with Crippen LogP contribution in [0.15, 0.2) is 0 Å². The van der Waals surface area contributed by atoms with E-state index in [0.717, 1.165) is 36.4 Å². The van der Waals surface area contributed by atoms with Crippen LogP contribution in [0, 0.1) is 11.3 Å². The molecule has 7 heteroatoms. The number of amides is 1. The van der Waals surface area contributed by atoms with Gasteiger partial charge in [0.05, 0.1) is 10.6 Å². The molecule has 1 aliphatic carbocycles. The number of Topliss-reactive ketones (excluding diaryl/α,β-unsaturated/α-hetero) is 1. The van der Waals surface area contributed by atoms with Crippen molar-refractivity contribution in [2.24, 2.45) is 11.3 Å². The van der Waals surface area contributed by atoms with Crippen molar-refractivity contribution in [3.8, 4) is 0 Å². The van der Waals surface area contributed by atoms with Crippen molar-refractivity contribution in [1.82, 2.24) is 10.3 Å². The number of carbonyl (C=O) groups excluding carboxylic acids is 2. The second-order valence-corrected chi connectivity index (χ2v) is 8.30. The van der Waals surface area contributed by atoms with Gasteiger partial charge in [-0.05, 0) is 38.1 Å². The highest BCUT2D eigenvalue weighted by atomic mass is 35.5. The minimum absolute atomic E-state index is 0. The zero-order valence-electron chi connectivity index (χ0n) is 13.8. The lowest BCUT2D eigenvalue weighted by Crippen LogP contribution is -2.40. The van der Waals surface area contributed by atoms with Crippen LogP contribution in [0.3, 0.4) is 0 Å². The predicted molar refractivity (Wildman–Crippen MR) is 94.6 cm³/mol. The largest absolute Gasteiger partial charge is 0.314 e. The van der Waals surface area contributed by atoms with Gasteiger partial charge in [-0.3, -0.25) is 9.59 Å². The number of ketones is 1. The molecular weight excluding hydrogens is 334 g/mol. The SMILES string of the molecule is C[C@H]1C[C@@H](C(=O)Nc2nc3c(s2)C(=O)CC(C)(C)C3)CCN1.Cl. The Morgan fingerprint density at radius 1 is 1.39 bits per heavy atom. The highest BCUT2D eigenvalue weighted by Gasteiger charge is 2.34. The standard InChI is InChI=1S/C16H23N3O2S.ClH/c1-9-6-10(4-5-17-9)14(21)19-15-18-11-7-16(2,3)8-12(20)13(11)22-15;/h9-10,17H,4-8H2,1-3H3,(H,18,19,21);1H/t9-,10-;/m0./s1. The first-order valence-corrected chi connectivity index (χ1v) is 8.73. The van der Waals surface area contributed by atoms with Crippen molar-refractivity contribution in [3.05, 3.63) is 10.6 Å². The van der Waals surface area contributed by atoms with Gasteiger partial charge in [0, 0.05) is 18.4 Å². The molecule has 1 amide bonds. The maximum atomic E-state index is 12.4. The first-order chi connectivity index (χ1) is 10.3. The number of nitrogens with zero attached hydrogens (tertiary/aromatic N) is 1. The lowest BCUT2D eigenvalue weighted by atomic mass is 9.78. The average molecular weight is 358 g/mol. The van der Waals surface area contributed by atoms with E-state index in [1.54, 1.807) is 0 Å². The molecule has 1 aromatic rings. The van der Waals surface area contributed by atoms with E-state index < -0.39 is 0 Å². The second kappa shape index (κ2) is 6.87. The van der Waals surface area contributed by atoms with Crippen LogP contribution in [0.2, 0.25) is 0 Å². The van der Waals surface area contributed by atoms with Crippen LogP contribution in [0.4, 0.5) is 5.13 Å². The van der Waals surface area contributed by atoms with E-state index in [0.29, 0.717) is 17.6 Å². The Morgan fingerprint density at radius 3 is 2.83 bits per heavy atom. The fourth-order valence-electron chi connectivity index (χ4n) is 3.35. The van der Waals surface area contributed by atoms with Crippen LogP contribution in [-0.2, 0) is 11.2 Å². The molecule has 2 N–H and O–H groups in total. The van der Waals surface area contributed by atoms with Gasteiger partial charge in [-0.15, -0.1) is 12.4 Å². The zero-order valence-corrected chi connectivity index (χ0v) is 15.4. The molecule has 1 aromatic heterocycles. The molecule has 1 fully saturated rings. The van der Waals surface area contributed by atoms with Crippen LogP contribution < -0.4 is 10.6 Å². The van der Waals surface area contributed by atoms with E-state index in [1.807, 2.05) is 0 Å². The highest BCUT2D eigenvalue weighted by molar-refractivity contribution is 7.17. The van der Waals surface area contributed by atoms with E-state index in [-0.39, 0.29) is 35.4 Å². The molecule has 0 aromatic carbocycles. The fourth-order valence-corrected chi connectivity index (χ4v) is 4.27. The van der Waals surface area contributed by atoms with Crippen LogP contribution in [0.5, 0.6) is 0 Å². The van der Waals surface area contributed by atoms with Gasteiger partial charge in [0.2, 0.25) is 5.91 Å². The molecule has 2 aliphatic rings. The molecular formula is C16H24ClN3O2S. The van der Waals surface area contributed by atoms with Gasteiger partial charge in [0.25, 0.3) is 0 Å². The van der Waals surface area contributed by atoms with E-state index in [9.17, 15) is 9.59 Å². The summed E-state index contributed by atoms with van der Waals surface area (Å²) < 4.78 is 0. The molecule has 128 valence electrons. The van der Waals surface area contributed by atoms with Crippen molar-refractivity contribution in [2.45, 2.75) is 52.5 Å². The molecule has 23 heavy (non-hydrogen) atoms. The number of thiazole rings is 1. The summed E-state index contributed by atoms with van der Waals surface area (Å²) >= 11 is 1.33. The van der Waals surface area contributed by atoms with Gasteiger partial charge in [0.1, 0.15) is 0 Å². The Bertz CT molecular complexity index is 614. The van der Waals surface area contributed by atoms with Crippen LogP contribution >= 0.6 is 23.7 Å². The van der Waals surface area contributed by atoms with E-state index in [4.69, 9.17) is 0 Å². The summed E-state index contributed by atoms with van der Waals surface area (Å²) in [5, 5.41) is 6.85. The third-order valence-electron chi connectivity index (χ3n) is 4.46. The van der Waals surface area contributed by atoms with Gasteiger partial charge < -0.3 is 10.6 Å². The monoisotopic (exact) mass is 357 g/mol. The average Bonchev–Trinajstić information content (AvgIpc) is 2.80. The van der Waals surface area contributed by atoms with Gasteiger partial charge in [-0.1, -0.05) is 25.2 Å². The summed E-state index contributed by atoms with van der Waals surface area (Å²) in [6, 6.07) is 0.372. The molecule has 3 rings (SSSR count). The number of halogens is 1. The maximum Gasteiger partial charge on any atom is 0.229 e. The minimum Gasteiger partial charge on any atom is -0.314 e. The first kappa shape index (κ1) is 18.4. The number of anilines is 1. The number of hydrogen-bond acceptors (Lipinski definition) is 5. The Hall–Kier alpha value is -0.980. The van der Waals surface area contributed by atoms with Crippen molar-refractivity contribution in [3.63, 3.8) is 0 Å². The Morgan fingerprint density at radius 2 is 2.13 bits per heavy atom. The summed E-state index contributed by atoms with van der Waals surface area (Å²) in [6.45, 7) is 7.15. The summed E-state index contributed by atoms with van der Waals surface area (Å²) in [5.41, 5.74) is 0.810. The third-order valence-corrected chi connectivity index (χ3v) is 5.51. The lowest BCUT2D eigenvalue weighted by Gasteiger charge is -2.26. The number of hydrogen-bond donors (Lipinski definition) is 2. The fraction of sp³-hybridized carbons (Fsp3) is 0.688. The molecule has 2 atom stereocenters. The van der Waals surface area contributed by atoms with E-state index in [1.165, 1.54) is 11.3 Å². The Kier molecular flexibility index (Phi) is 5.48. The molecule has 1 saturated heterocycles. The predicted octanol–water partition coefficient (Wildman–Crippen LogP) is 3.05. The molecule has 0 radical (unpaired) electrons. The first-order valence-electron chi connectivity index (χ1n) is 7.91. The second-order valence-electron chi connectivity index (χ2n) is 7.30. The highest BCUT2D eigenvalue weighted by Crippen LogP contribution is 2.38. The van der Waals surface area contributed by atoms with Gasteiger partial charge >= 0.3 is 0 Å². The normalized spacial score (nSPS) is 26.1. The van der Waals surface area contributed by atoms with Crippen molar-refractivity contribution < 1.29 is 9.59 Å². The van der Waals surface area contributed by atoms with Gasteiger partial charge in [0.15, 0.2) is 10.9 Å². The molecule has 0 saturated carbocycles. The molecule has 2 heterocycles. The maximum absolute atomic E-state index is 12.4. The minimum atomic E-state index is -0.0378. The molecule has 1 aliphatic heterocycles. The lowest BCUT2D eigenvalue weighted by molar-refractivity contribution is -0.120. The molecule has 5 nitrogen and oxygen atoms in total. The van der Waals surface area contributed by atoms with Crippen LogP contribution in [0.25, 0.3) is 0 Å². The molecule has 0 spiro atoms. The third kappa shape index (κ3) is 4.11. The van der Waals surface area contributed by atoms with Crippen LogP contribution in [-0.4, -0.2) is 29.3 Å². The topological polar surface area (TPSA) is 71.1 Å². The number of carbonyl (C=O) groups is 2. The van der Waals surface area contributed by atoms with Crippen molar-refractivity contribution >= 4 is 40.6 Å². The quantitative estimate of drug-likeness (QED) is 0.853. The summed E-state index contributed by atoms with van der Waals surface area (Å²) in [7, 11) is 0. The van der Waals surface area contributed by atoms with E-state index >= 15 is 0 Å². The zero-order chi connectivity index (χ0) is 15.9. The Labute approximate surface area is 147 Å². The van der Waals surface area contributed by atoms with E-state index in [2.05, 4.69) is 36.4 Å². The molecule has 0 bridgehead atoms. The number of aromatic nitrogens is 1. The number of nitrogens with one attached hydrogen (secondary N) is 2. The Balaban J connectivity index is 0.00000192. The smallest absolute Gasteiger partial charge is 0.229 e. The summed E-state index contributed by atoms with van der Waals surface area (Å²) in [6.07, 6.45) is 3.06. The summed E-state index contributed by atoms with van der Waals surface area (Å²) in [4.78, 5) is 29.8. The number of rotatable bonds is 2. The number of fused-ring (bicyclic) bond motifs is 1. The van der Waals surface area contributed by atoms with Crippen molar-refractivity contribution in [1.29, 1.82) is 0 Å². The van der Waals surface area contributed by atoms with Gasteiger partial charge in [-0.25, -0.2) is 4.98 Å². The summed E-state index contributed by atoms with van der Waals surface area (Å²) in [5.74, 6) is 0.218. The molecule has 0 unspecified atom stereocenters. The van der Waals surface area contributed by atoms with Crippen molar-refractivity contribution in [2.75, 3.05) is 11.9 Å². The van der Waals surface area contributed by atoms with Gasteiger partial charge in [-0.2, -0.15) is 0 Å². The number of piperidine rings is 1. The van der Waals surface area contributed by atoms with Crippen LogP contribution in [0.1, 0.15) is 55.4 Å².